The summed E-state index contributed by atoms with van der Waals surface area (Å²) in [4.78, 5) is 4.05. The third kappa shape index (κ3) is 2.46. The molecule has 0 bridgehead atoms. The molecule has 2 rings (SSSR count). The highest BCUT2D eigenvalue weighted by atomic mass is 32.2. The van der Waals surface area contributed by atoms with E-state index >= 15 is 0 Å². The normalized spacial score (nSPS) is 21.6. The van der Waals surface area contributed by atoms with Gasteiger partial charge in [-0.25, -0.2) is 4.98 Å². The van der Waals surface area contributed by atoms with E-state index in [1.54, 1.807) is 18.3 Å². The fourth-order valence-electron chi connectivity index (χ4n) is 1.81. The lowest BCUT2D eigenvalue weighted by atomic mass is 10.2. The second-order valence-electron chi connectivity index (χ2n) is 3.84. The largest absolute Gasteiger partial charge is 0.316 e. The van der Waals surface area contributed by atoms with Gasteiger partial charge in [-0.3, -0.25) is 4.21 Å². The summed E-state index contributed by atoms with van der Waals surface area (Å²) >= 11 is 0. The van der Waals surface area contributed by atoms with Crippen molar-refractivity contribution in [2.45, 2.75) is 11.4 Å². The van der Waals surface area contributed by atoms with Crippen LogP contribution >= 0.6 is 0 Å². The first-order valence-corrected chi connectivity index (χ1v) is 6.57. The first kappa shape index (κ1) is 11.2. The number of aromatic nitrogens is 1. The first-order chi connectivity index (χ1) is 7.81. The number of hydrogen-bond donors (Lipinski definition) is 1. The highest BCUT2D eigenvalue weighted by Gasteiger charge is 2.20. The molecule has 2 atom stereocenters. The Hall–Kier alpha value is -1.25. The molecule has 0 aromatic carbocycles. The SMILES string of the molecule is N#Cc1cccnc1[S@](=O)C[C@@H]1CCNC1. The zero-order chi connectivity index (χ0) is 11.4. The van der Waals surface area contributed by atoms with Crippen LogP contribution in [0.2, 0.25) is 0 Å². The summed E-state index contributed by atoms with van der Waals surface area (Å²) in [6.07, 6.45) is 2.64. The number of hydrogen-bond acceptors (Lipinski definition) is 4. The summed E-state index contributed by atoms with van der Waals surface area (Å²) < 4.78 is 12.1. The zero-order valence-electron chi connectivity index (χ0n) is 8.85. The smallest absolute Gasteiger partial charge is 0.144 e. The van der Waals surface area contributed by atoms with Gasteiger partial charge >= 0.3 is 0 Å². The van der Waals surface area contributed by atoms with Gasteiger partial charge in [0.25, 0.3) is 0 Å². The summed E-state index contributed by atoms with van der Waals surface area (Å²) in [7, 11) is -1.16. The molecule has 0 aliphatic carbocycles. The van der Waals surface area contributed by atoms with E-state index in [9.17, 15) is 4.21 Å². The van der Waals surface area contributed by atoms with Crippen LogP contribution in [0.25, 0.3) is 0 Å². The predicted octanol–water partition coefficient (Wildman–Crippen LogP) is 0.670. The molecule has 1 aliphatic rings. The molecule has 0 amide bonds. The Labute approximate surface area is 97.2 Å². The van der Waals surface area contributed by atoms with E-state index in [4.69, 9.17) is 5.26 Å². The molecule has 1 aromatic heterocycles. The number of nitriles is 1. The number of nitrogens with one attached hydrogen (secondary N) is 1. The van der Waals surface area contributed by atoms with Gasteiger partial charge in [-0.15, -0.1) is 0 Å². The van der Waals surface area contributed by atoms with Crippen molar-refractivity contribution in [2.75, 3.05) is 18.8 Å². The summed E-state index contributed by atoms with van der Waals surface area (Å²) in [5.41, 5.74) is 0.423. The molecule has 4 nitrogen and oxygen atoms in total. The average Bonchev–Trinajstić information content (AvgIpc) is 2.81. The maximum atomic E-state index is 12.1. The van der Waals surface area contributed by atoms with Gasteiger partial charge in [-0.2, -0.15) is 5.26 Å². The molecule has 0 radical (unpaired) electrons. The Balaban J connectivity index is 2.11. The molecule has 84 valence electrons. The van der Waals surface area contributed by atoms with Crippen LogP contribution in [0.15, 0.2) is 23.4 Å². The van der Waals surface area contributed by atoms with E-state index in [1.807, 2.05) is 6.07 Å². The monoisotopic (exact) mass is 235 g/mol. The van der Waals surface area contributed by atoms with Crippen molar-refractivity contribution >= 4 is 10.8 Å². The van der Waals surface area contributed by atoms with Crippen LogP contribution in [0.1, 0.15) is 12.0 Å². The number of nitrogens with zero attached hydrogens (tertiary/aromatic N) is 2. The Bertz CT molecular complexity index is 435. The molecule has 5 heteroatoms. The highest BCUT2D eigenvalue weighted by Crippen LogP contribution is 2.15. The fourth-order valence-corrected chi connectivity index (χ4v) is 3.21. The lowest BCUT2D eigenvalue weighted by molar-refractivity contribution is 0.630. The molecular formula is C11H13N3OS. The molecule has 1 aromatic rings. The van der Waals surface area contributed by atoms with Crippen molar-refractivity contribution in [2.24, 2.45) is 5.92 Å². The molecule has 16 heavy (non-hydrogen) atoms. The van der Waals surface area contributed by atoms with Crippen molar-refractivity contribution in [3.8, 4) is 6.07 Å². The van der Waals surface area contributed by atoms with Crippen LogP contribution in [0, 0.1) is 17.2 Å². The summed E-state index contributed by atoms with van der Waals surface area (Å²) in [6.45, 7) is 1.91. The second-order valence-corrected chi connectivity index (χ2v) is 5.25. The molecule has 2 heterocycles. The van der Waals surface area contributed by atoms with Gasteiger partial charge in [-0.1, -0.05) is 0 Å². The van der Waals surface area contributed by atoms with Crippen LogP contribution < -0.4 is 5.32 Å². The van der Waals surface area contributed by atoms with Gasteiger partial charge in [0, 0.05) is 11.9 Å². The van der Waals surface area contributed by atoms with Crippen LogP contribution in [0.4, 0.5) is 0 Å². The number of pyridine rings is 1. The van der Waals surface area contributed by atoms with Crippen molar-refractivity contribution in [3.63, 3.8) is 0 Å². The zero-order valence-corrected chi connectivity index (χ0v) is 9.67. The van der Waals surface area contributed by atoms with Gasteiger partial charge in [0.15, 0.2) is 0 Å². The van der Waals surface area contributed by atoms with Crippen LogP contribution in [0.3, 0.4) is 0 Å². The minimum atomic E-state index is -1.16. The maximum absolute atomic E-state index is 12.1. The first-order valence-electron chi connectivity index (χ1n) is 5.25. The average molecular weight is 235 g/mol. The van der Waals surface area contributed by atoms with E-state index in [0.717, 1.165) is 19.5 Å². The standard InChI is InChI=1S/C11H13N3OS/c12-6-10-2-1-4-14-11(10)16(15)8-9-3-5-13-7-9/h1-2,4,9,13H,3,5,7-8H2/t9-,16-/m1/s1. The second kappa shape index (κ2) is 5.19. The van der Waals surface area contributed by atoms with Crippen LogP contribution in [-0.2, 0) is 10.8 Å². The molecule has 0 spiro atoms. The highest BCUT2D eigenvalue weighted by molar-refractivity contribution is 7.85. The third-order valence-electron chi connectivity index (χ3n) is 2.66. The molecule has 1 N–H and O–H groups in total. The van der Waals surface area contributed by atoms with E-state index in [0.29, 0.717) is 22.3 Å². The van der Waals surface area contributed by atoms with Crippen molar-refractivity contribution < 1.29 is 4.21 Å². The Kier molecular flexibility index (Phi) is 3.65. The van der Waals surface area contributed by atoms with Crippen molar-refractivity contribution in [1.82, 2.24) is 10.3 Å². The lowest BCUT2D eigenvalue weighted by Crippen LogP contribution is -2.16. The van der Waals surface area contributed by atoms with Gasteiger partial charge in [0.05, 0.1) is 16.4 Å². The molecular weight excluding hydrogens is 222 g/mol. The molecule has 1 aliphatic heterocycles. The lowest BCUT2D eigenvalue weighted by Gasteiger charge is -2.07. The van der Waals surface area contributed by atoms with Crippen molar-refractivity contribution in [1.29, 1.82) is 5.26 Å². The summed E-state index contributed by atoms with van der Waals surface area (Å²) in [5, 5.41) is 12.6. The van der Waals surface area contributed by atoms with E-state index in [-0.39, 0.29) is 0 Å². The van der Waals surface area contributed by atoms with Gasteiger partial charge < -0.3 is 5.32 Å². The third-order valence-corrected chi connectivity index (χ3v) is 4.19. The van der Waals surface area contributed by atoms with E-state index < -0.39 is 10.8 Å². The predicted molar refractivity (Wildman–Crippen MR) is 61.2 cm³/mol. The van der Waals surface area contributed by atoms with E-state index in [1.165, 1.54) is 0 Å². The molecule has 0 saturated carbocycles. The van der Waals surface area contributed by atoms with Crippen LogP contribution in [-0.4, -0.2) is 28.0 Å². The summed E-state index contributed by atoms with van der Waals surface area (Å²) in [6, 6.07) is 5.38. The van der Waals surface area contributed by atoms with Gasteiger partial charge in [0.2, 0.25) is 0 Å². The Morgan fingerprint density at radius 3 is 3.25 bits per heavy atom. The topological polar surface area (TPSA) is 65.8 Å². The van der Waals surface area contributed by atoms with Gasteiger partial charge in [-0.05, 0) is 37.6 Å². The minimum absolute atomic E-state index is 0.423. The van der Waals surface area contributed by atoms with E-state index in [2.05, 4.69) is 10.3 Å². The van der Waals surface area contributed by atoms with Crippen molar-refractivity contribution in [3.05, 3.63) is 23.9 Å². The van der Waals surface area contributed by atoms with Gasteiger partial charge in [0.1, 0.15) is 11.1 Å². The Morgan fingerprint density at radius 2 is 2.56 bits per heavy atom. The minimum Gasteiger partial charge on any atom is -0.316 e. The molecule has 0 unspecified atom stereocenters. The molecule has 1 fully saturated rings. The fraction of sp³-hybridized carbons (Fsp3) is 0.455. The summed E-state index contributed by atoms with van der Waals surface area (Å²) in [5.74, 6) is 1.04. The Morgan fingerprint density at radius 1 is 1.69 bits per heavy atom. The molecule has 1 saturated heterocycles. The maximum Gasteiger partial charge on any atom is 0.144 e. The quantitative estimate of drug-likeness (QED) is 0.836. The van der Waals surface area contributed by atoms with Crippen LogP contribution in [0.5, 0.6) is 0 Å². The number of rotatable bonds is 3.